The third-order valence-electron chi connectivity index (χ3n) is 1.88. The molecule has 12 heavy (non-hydrogen) atoms. The van der Waals surface area contributed by atoms with Crippen LogP contribution in [0.1, 0.15) is 20.8 Å². The SMILES string of the molecule is CC(C)C1=CC=CC1C.[Cl][Ti][Cl]. The van der Waals surface area contributed by atoms with Gasteiger partial charge in [0.25, 0.3) is 0 Å². The number of rotatable bonds is 1. The third-order valence-corrected chi connectivity index (χ3v) is 1.88. The van der Waals surface area contributed by atoms with E-state index in [1.807, 2.05) is 0 Å². The molecule has 3 heteroatoms. The third kappa shape index (κ3) is 4.72. The van der Waals surface area contributed by atoms with E-state index >= 15 is 0 Å². The molecule has 1 aliphatic carbocycles. The summed E-state index contributed by atoms with van der Waals surface area (Å²) in [7, 11) is 9.78. The van der Waals surface area contributed by atoms with Crippen LogP contribution >= 0.6 is 18.6 Å². The van der Waals surface area contributed by atoms with Crippen LogP contribution in [0.5, 0.6) is 0 Å². The van der Waals surface area contributed by atoms with E-state index in [0.29, 0.717) is 5.92 Å². The van der Waals surface area contributed by atoms with Crippen molar-refractivity contribution < 1.29 is 17.0 Å². The second-order valence-corrected chi connectivity index (χ2v) is 5.65. The number of hydrogen-bond donors (Lipinski definition) is 0. The fourth-order valence-corrected chi connectivity index (χ4v) is 1.31. The van der Waals surface area contributed by atoms with Gasteiger partial charge in [0.2, 0.25) is 0 Å². The van der Waals surface area contributed by atoms with Crippen LogP contribution in [0.4, 0.5) is 0 Å². The summed E-state index contributed by atoms with van der Waals surface area (Å²) in [5.41, 5.74) is 1.56. The molecule has 1 rings (SSSR count). The standard InChI is InChI=1S/C9H14.2ClH.Ti/c1-7(2)9-6-4-5-8(9)3;;;/h4-8H,1-3H3;2*1H;/q;;;+2/p-2. The van der Waals surface area contributed by atoms with E-state index in [9.17, 15) is 0 Å². The summed E-state index contributed by atoms with van der Waals surface area (Å²) in [6, 6.07) is 0. The first-order chi connectivity index (χ1) is 5.63. The maximum atomic E-state index is 4.89. The van der Waals surface area contributed by atoms with Crippen molar-refractivity contribution in [3.05, 3.63) is 23.8 Å². The second kappa shape index (κ2) is 7.20. The average Bonchev–Trinajstić information content (AvgIpc) is 2.36. The van der Waals surface area contributed by atoms with Crippen molar-refractivity contribution in [2.75, 3.05) is 0 Å². The summed E-state index contributed by atoms with van der Waals surface area (Å²) < 4.78 is 0. The van der Waals surface area contributed by atoms with Gasteiger partial charge in [-0.1, -0.05) is 44.6 Å². The molecule has 1 atom stereocenters. The van der Waals surface area contributed by atoms with Crippen LogP contribution in [0, 0.1) is 11.8 Å². The molecule has 0 aliphatic heterocycles. The van der Waals surface area contributed by atoms with Gasteiger partial charge >= 0.3 is 35.6 Å². The Labute approximate surface area is 91.7 Å². The van der Waals surface area contributed by atoms with Gasteiger partial charge in [0.1, 0.15) is 0 Å². The summed E-state index contributed by atoms with van der Waals surface area (Å²) in [4.78, 5) is 0. The first-order valence-corrected chi connectivity index (χ1v) is 8.27. The second-order valence-electron chi connectivity index (χ2n) is 3.07. The number of hydrogen-bond acceptors (Lipinski definition) is 0. The Morgan fingerprint density at radius 1 is 1.42 bits per heavy atom. The Balaban J connectivity index is 0.000000354. The number of halogens is 2. The molecule has 0 heterocycles. The van der Waals surface area contributed by atoms with E-state index in [4.69, 9.17) is 18.6 Å². The summed E-state index contributed by atoms with van der Waals surface area (Å²) in [6.07, 6.45) is 6.63. The van der Waals surface area contributed by atoms with Crippen molar-refractivity contribution in [2.24, 2.45) is 11.8 Å². The van der Waals surface area contributed by atoms with E-state index < -0.39 is 17.0 Å². The van der Waals surface area contributed by atoms with Crippen molar-refractivity contribution in [3.8, 4) is 0 Å². The van der Waals surface area contributed by atoms with Crippen LogP contribution in [0.3, 0.4) is 0 Å². The van der Waals surface area contributed by atoms with Crippen LogP contribution in [0.2, 0.25) is 0 Å². The van der Waals surface area contributed by atoms with Crippen molar-refractivity contribution in [3.63, 3.8) is 0 Å². The maximum absolute atomic E-state index is 4.89. The van der Waals surface area contributed by atoms with E-state index in [2.05, 4.69) is 39.0 Å². The van der Waals surface area contributed by atoms with E-state index in [1.54, 1.807) is 5.57 Å². The quantitative estimate of drug-likeness (QED) is 0.605. The molecule has 0 spiro atoms. The zero-order valence-corrected chi connectivity index (χ0v) is 10.7. The summed E-state index contributed by atoms with van der Waals surface area (Å²) in [5.74, 6) is 1.40. The molecular weight excluding hydrogens is 227 g/mol. The van der Waals surface area contributed by atoms with Gasteiger partial charge in [-0.3, -0.25) is 0 Å². The van der Waals surface area contributed by atoms with E-state index in [-0.39, 0.29) is 0 Å². The molecule has 0 aromatic rings. The Morgan fingerprint density at radius 3 is 2.08 bits per heavy atom. The number of allylic oxidation sites excluding steroid dienone is 4. The average molecular weight is 241 g/mol. The van der Waals surface area contributed by atoms with Gasteiger partial charge in [-0.25, -0.2) is 0 Å². The van der Waals surface area contributed by atoms with Crippen molar-refractivity contribution in [1.29, 1.82) is 0 Å². The first-order valence-electron chi connectivity index (χ1n) is 3.98. The molecule has 1 unspecified atom stereocenters. The molecule has 0 bridgehead atoms. The van der Waals surface area contributed by atoms with Gasteiger partial charge in [0.15, 0.2) is 0 Å². The fraction of sp³-hybridized carbons (Fsp3) is 0.556. The van der Waals surface area contributed by atoms with Gasteiger partial charge in [-0.2, -0.15) is 0 Å². The summed E-state index contributed by atoms with van der Waals surface area (Å²) >= 11 is -0.556. The molecule has 0 nitrogen and oxygen atoms in total. The zero-order chi connectivity index (χ0) is 9.56. The molecule has 0 saturated carbocycles. The minimum atomic E-state index is -0.556. The first kappa shape index (κ1) is 12.8. The topological polar surface area (TPSA) is 0 Å². The normalized spacial score (nSPS) is 20.2. The van der Waals surface area contributed by atoms with Crippen molar-refractivity contribution in [1.82, 2.24) is 0 Å². The van der Waals surface area contributed by atoms with Gasteiger partial charge in [-0.05, 0) is 11.8 Å². The Hall–Kier alpha value is 0.774. The molecule has 0 aromatic carbocycles. The Kier molecular flexibility index (Phi) is 7.67. The monoisotopic (exact) mass is 240 g/mol. The summed E-state index contributed by atoms with van der Waals surface area (Å²) in [5, 5.41) is 0. The molecule has 0 radical (unpaired) electrons. The predicted molar refractivity (Wildman–Crippen MR) is 52.9 cm³/mol. The van der Waals surface area contributed by atoms with Gasteiger partial charge in [0, 0.05) is 0 Å². The van der Waals surface area contributed by atoms with E-state index in [0.717, 1.165) is 5.92 Å². The zero-order valence-electron chi connectivity index (χ0n) is 7.64. The predicted octanol–water partition coefficient (Wildman–Crippen LogP) is 4.15. The molecule has 0 amide bonds. The van der Waals surface area contributed by atoms with Crippen LogP contribution in [-0.4, -0.2) is 0 Å². The van der Waals surface area contributed by atoms with Crippen LogP contribution in [-0.2, 0) is 17.0 Å². The van der Waals surface area contributed by atoms with Gasteiger partial charge in [-0.15, -0.1) is 0 Å². The van der Waals surface area contributed by atoms with Gasteiger partial charge in [0.05, 0.1) is 0 Å². The molecule has 0 aromatic heterocycles. The van der Waals surface area contributed by atoms with Crippen molar-refractivity contribution in [2.45, 2.75) is 20.8 Å². The Bertz CT molecular complexity index is 173. The molecule has 0 N–H and O–H groups in total. The van der Waals surface area contributed by atoms with Crippen LogP contribution < -0.4 is 0 Å². The fourth-order valence-electron chi connectivity index (χ4n) is 1.31. The molecule has 68 valence electrons. The van der Waals surface area contributed by atoms with Crippen LogP contribution in [0.25, 0.3) is 0 Å². The Morgan fingerprint density at radius 2 is 1.92 bits per heavy atom. The van der Waals surface area contributed by atoms with E-state index in [1.165, 1.54) is 0 Å². The molecule has 0 saturated heterocycles. The molecule has 1 aliphatic rings. The molecular formula is C9H14Cl2Ti. The van der Waals surface area contributed by atoms with Crippen molar-refractivity contribution >= 4 is 18.6 Å². The van der Waals surface area contributed by atoms with Crippen LogP contribution in [0.15, 0.2) is 23.8 Å². The van der Waals surface area contributed by atoms with Gasteiger partial charge < -0.3 is 0 Å². The molecule has 0 fully saturated rings. The summed E-state index contributed by atoms with van der Waals surface area (Å²) in [6.45, 7) is 6.74. The minimum absolute atomic E-state index is 0.556.